The number of aliphatic hydroxyl groups is 2. The second-order valence-electron chi connectivity index (χ2n) is 7.34. The highest BCUT2D eigenvalue weighted by atomic mass is 35.5. The third-order valence-corrected chi connectivity index (χ3v) is 5.10. The average Bonchev–Trinajstić information content (AvgIpc) is 3.08. The van der Waals surface area contributed by atoms with Crippen LogP contribution < -0.4 is 10.9 Å². The summed E-state index contributed by atoms with van der Waals surface area (Å²) in [5.74, 6) is -1.29. The summed E-state index contributed by atoms with van der Waals surface area (Å²) in [6.07, 6.45) is 0.438. The molecular weight excluding hydrogens is 415 g/mol. The molecule has 3 rings (SSSR count). The lowest BCUT2D eigenvalue weighted by Gasteiger charge is -2.19. The Morgan fingerprint density at radius 1 is 1.37 bits per heavy atom. The van der Waals surface area contributed by atoms with E-state index in [2.05, 4.69) is 15.4 Å². The van der Waals surface area contributed by atoms with Crippen molar-refractivity contribution in [1.29, 1.82) is 0 Å². The smallest absolute Gasteiger partial charge is 0.275 e. The van der Waals surface area contributed by atoms with Crippen LogP contribution in [0.15, 0.2) is 29.2 Å². The number of carbonyl (C=O) groups is 1. The van der Waals surface area contributed by atoms with E-state index in [-0.39, 0.29) is 27.8 Å². The summed E-state index contributed by atoms with van der Waals surface area (Å²) < 4.78 is 15.1. The van der Waals surface area contributed by atoms with Crippen LogP contribution in [0.25, 0.3) is 16.9 Å². The number of hydrogen-bond acceptors (Lipinski definition) is 5. The number of amides is 1. The van der Waals surface area contributed by atoms with Crippen molar-refractivity contribution >= 4 is 23.0 Å². The molecule has 4 N–H and O–H groups in total. The minimum absolute atomic E-state index is 0.0549. The van der Waals surface area contributed by atoms with Crippen molar-refractivity contribution in [1.82, 2.24) is 19.9 Å². The Kier molecular flexibility index (Phi) is 6.25. The number of aromatic amines is 1. The quantitative estimate of drug-likeness (QED) is 0.471. The van der Waals surface area contributed by atoms with Crippen LogP contribution in [0.5, 0.6) is 0 Å². The van der Waals surface area contributed by atoms with Crippen LogP contribution >= 0.6 is 11.6 Å². The second-order valence-corrected chi connectivity index (χ2v) is 7.75. The van der Waals surface area contributed by atoms with Crippen molar-refractivity contribution in [2.75, 3.05) is 6.61 Å². The first-order valence-corrected chi connectivity index (χ1v) is 9.72. The molecule has 2 aromatic heterocycles. The number of aliphatic hydroxyl groups excluding tert-OH is 2. The predicted octanol–water partition coefficient (Wildman–Crippen LogP) is 2.08. The number of benzene rings is 1. The first-order chi connectivity index (χ1) is 14.1. The van der Waals surface area contributed by atoms with E-state index < -0.39 is 36.0 Å². The second kappa shape index (κ2) is 8.55. The van der Waals surface area contributed by atoms with Gasteiger partial charge in [0.1, 0.15) is 11.3 Å². The predicted molar refractivity (Wildman–Crippen MR) is 110 cm³/mol. The number of carbonyl (C=O) groups excluding carboxylic acids is 1. The number of nitrogens with one attached hydrogen (secondary N) is 2. The van der Waals surface area contributed by atoms with E-state index >= 15 is 0 Å². The summed E-state index contributed by atoms with van der Waals surface area (Å²) in [7, 11) is 0. The molecule has 0 saturated heterocycles. The summed E-state index contributed by atoms with van der Waals surface area (Å²) in [6, 6.07) is 3.17. The molecule has 10 heteroatoms. The highest BCUT2D eigenvalue weighted by Crippen LogP contribution is 2.26. The first-order valence-electron chi connectivity index (χ1n) is 9.34. The molecule has 0 spiro atoms. The lowest BCUT2D eigenvalue weighted by molar-refractivity contribution is 0.0757. The van der Waals surface area contributed by atoms with Gasteiger partial charge in [-0.1, -0.05) is 25.4 Å². The molecule has 0 saturated carbocycles. The number of rotatable bonds is 6. The number of H-pyrrole nitrogens is 1. The van der Waals surface area contributed by atoms with E-state index in [0.717, 1.165) is 6.07 Å². The Labute approximate surface area is 176 Å². The van der Waals surface area contributed by atoms with Gasteiger partial charge in [0.05, 0.1) is 29.3 Å². The highest BCUT2D eigenvalue weighted by Gasteiger charge is 2.25. The Bertz CT molecular complexity index is 1160. The summed E-state index contributed by atoms with van der Waals surface area (Å²) in [6.45, 7) is 4.65. The number of fused-ring (bicyclic) bond motifs is 1. The van der Waals surface area contributed by atoms with E-state index in [4.69, 9.17) is 11.6 Å². The molecule has 2 atom stereocenters. The standard InChI is InChI=1S/C20H22ClFN4O4/c1-9(2)16-12(19(29)23-15(8-27)10(3)28)7-26-17(16)20(30)24-18(25-26)11-4-5-13(21)14(22)6-11/h4-7,9-10,15,27-28H,8H2,1-3H3,(H,23,29)(H,24,25,30)/t10-,15-/m1/s1. The Hall–Kier alpha value is -2.75. The van der Waals surface area contributed by atoms with Crippen LogP contribution in [0.4, 0.5) is 4.39 Å². The van der Waals surface area contributed by atoms with E-state index in [1.54, 1.807) is 0 Å². The third-order valence-electron chi connectivity index (χ3n) is 4.79. The van der Waals surface area contributed by atoms with Crippen molar-refractivity contribution in [3.63, 3.8) is 0 Å². The minimum atomic E-state index is -0.966. The van der Waals surface area contributed by atoms with E-state index in [1.165, 1.54) is 29.8 Å². The molecule has 0 fully saturated rings. The molecule has 8 nitrogen and oxygen atoms in total. The zero-order valence-electron chi connectivity index (χ0n) is 16.6. The maximum absolute atomic E-state index is 13.8. The molecule has 0 bridgehead atoms. The zero-order chi connectivity index (χ0) is 22.2. The molecule has 2 heterocycles. The highest BCUT2D eigenvalue weighted by molar-refractivity contribution is 6.30. The van der Waals surface area contributed by atoms with Crippen LogP contribution in [0, 0.1) is 5.82 Å². The number of aromatic nitrogens is 3. The van der Waals surface area contributed by atoms with E-state index in [1.807, 2.05) is 13.8 Å². The molecule has 3 aromatic rings. The van der Waals surface area contributed by atoms with Crippen LogP contribution in [0.1, 0.15) is 42.6 Å². The minimum Gasteiger partial charge on any atom is -0.394 e. The maximum Gasteiger partial charge on any atom is 0.275 e. The van der Waals surface area contributed by atoms with Gasteiger partial charge in [-0.2, -0.15) is 0 Å². The Balaban J connectivity index is 2.14. The van der Waals surface area contributed by atoms with Crippen molar-refractivity contribution in [3.05, 3.63) is 56.7 Å². The maximum atomic E-state index is 13.8. The zero-order valence-corrected chi connectivity index (χ0v) is 17.4. The fourth-order valence-electron chi connectivity index (χ4n) is 3.22. The fraction of sp³-hybridized carbons (Fsp3) is 0.350. The SMILES string of the molecule is CC(C)c1c(C(=O)N[C@H](CO)[C@@H](C)O)cn2nc(-c3ccc(Cl)c(F)c3)[nH]c(=O)c12. The first kappa shape index (κ1) is 21.9. The lowest BCUT2D eigenvalue weighted by atomic mass is 9.99. The number of hydrogen-bond donors (Lipinski definition) is 4. The molecule has 30 heavy (non-hydrogen) atoms. The van der Waals surface area contributed by atoms with E-state index in [0.29, 0.717) is 11.1 Å². The largest absolute Gasteiger partial charge is 0.394 e. The van der Waals surface area contributed by atoms with Gasteiger partial charge in [-0.3, -0.25) is 9.59 Å². The van der Waals surface area contributed by atoms with Crippen LogP contribution in [0.3, 0.4) is 0 Å². The topological polar surface area (TPSA) is 120 Å². The molecule has 0 aliphatic rings. The van der Waals surface area contributed by atoms with Gasteiger partial charge in [0.2, 0.25) is 0 Å². The van der Waals surface area contributed by atoms with Gasteiger partial charge in [0.25, 0.3) is 11.5 Å². The van der Waals surface area contributed by atoms with Gasteiger partial charge in [-0.25, -0.2) is 8.91 Å². The van der Waals surface area contributed by atoms with Gasteiger partial charge >= 0.3 is 0 Å². The van der Waals surface area contributed by atoms with Gasteiger partial charge in [0.15, 0.2) is 5.82 Å². The summed E-state index contributed by atoms with van der Waals surface area (Å²) >= 11 is 5.71. The van der Waals surface area contributed by atoms with Crippen molar-refractivity contribution in [2.45, 2.75) is 38.8 Å². The summed E-state index contributed by atoms with van der Waals surface area (Å²) in [5, 5.41) is 25.9. The van der Waals surface area contributed by atoms with Crippen molar-refractivity contribution < 1.29 is 19.4 Å². The summed E-state index contributed by atoms with van der Waals surface area (Å²) in [5.41, 5.74) is 0.674. The molecular formula is C20H22ClFN4O4. The van der Waals surface area contributed by atoms with Gasteiger partial charge in [-0.15, -0.1) is 5.10 Å². The number of nitrogens with zero attached hydrogens (tertiary/aromatic N) is 2. The van der Waals surface area contributed by atoms with Crippen molar-refractivity contribution in [2.24, 2.45) is 0 Å². The van der Waals surface area contributed by atoms with Crippen LogP contribution in [-0.2, 0) is 0 Å². The summed E-state index contributed by atoms with van der Waals surface area (Å²) in [4.78, 5) is 28.3. The third kappa shape index (κ3) is 4.09. The lowest BCUT2D eigenvalue weighted by Crippen LogP contribution is -2.44. The molecule has 0 radical (unpaired) electrons. The molecule has 0 aliphatic heterocycles. The van der Waals surface area contributed by atoms with E-state index in [9.17, 15) is 24.2 Å². The van der Waals surface area contributed by atoms with Gasteiger partial charge < -0.3 is 20.5 Å². The van der Waals surface area contributed by atoms with Crippen LogP contribution in [0.2, 0.25) is 5.02 Å². The normalized spacial score (nSPS) is 13.6. The Morgan fingerprint density at radius 2 is 2.07 bits per heavy atom. The molecule has 160 valence electrons. The van der Waals surface area contributed by atoms with Crippen molar-refractivity contribution in [3.8, 4) is 11.4 Å². The van der Waals surface area contributed by atoms with Gasteiger partial charge in [-0.05, 0) is 31.0 Å². The number of halogens is 2. The molecule has 1 aromatic carbocycles. The Morgan fingerprint density at radius 3 is 2.63 bits per heavy atom. The average molecular weight is 437 g/mol. The fourth-order valence-corrected chi connectivity index (χ4v) is 3.33. The molecule has 1 amide bonds. The van der Waals surface area contributed by atoms with Crippen LogP contribution in [-0.4, -0.2) is 49.5 Å². The monoisotopic (exact) mass is 436 g/mol. The molecule has 0 unspecified atom stereocenters. The molecule has 0 aliphatic carbocycles. The van der Waals surface area contributed by atoms with Gasteiger partial charge in [0, 0.05) is 17.3 Å².